The van der Waals surface area contributed by atoms with Gasteiger partial charge in [-0.25, -0.2) is 0 Å². The molecule has 1 saturated heterocycles. The molecule has 27 heavy (non-hydrogen) atoms. The fraction of sp³-hybridized carbons (Fsp3) is 0.263. The third-order valence-electron chi connectivity index (χ3n) is 4.30. The van der Waals surface area contributed by atoms with Crippen molar-refractivity contribution in [2.45, 2.75) is 13.3 Å². The van der Waals surface area contributed by atoms with Crippen LogP contribution in [0.15, 0.2) is 48.5 Å². The highest BCUT2D eigenvalue weighted by molar-refractivity contribution is 6.03. The van der Waals surface area contributed by atoms with Gasteiger partial charge in [-0.05, 0) is 43.3 Å². The molecular weight excluding hydrogens is 350 g/mol. The molecule has 1 atom stereocenters. The Morgan fingerprint density at radius 1 is 1.22 bits per heavy atom. The van der Waals surface area contributed by atoms with Gasteiger partial charge in [0.25, 0.3) is 5.69 Å². The molecule has 1 aliphatic heterocycles. The van der Waals surface area contributed by atoms with E-state index in [2.05, 4.69) is 5.32 Å². The highest BCUT2D eigenvalue weighted by atomic mass is 16.6. The van der Waals surface area contributed by atoms with E-state index in [0.29, 0.717) is 18.0 Å². The Kier molecular flexibility index (Phi) is 5.35. The van der Waals surface area contributed by atoms with Crippen molar-refractivity contribution in [1.29, 1.82) is 0 Å². The molecule has 0 unspecified atom stereocenters. The number of nitro benzene ring substituents is 1. The van der Waals surface area contributed by atoms with Gasteiger partial charge in [-0.1, -0.05) is 0 Å². The van der Waals surface area contributed by atoms with Crippen LogP contribution in [0.4, 0.5) is 17.1 Å². The number of nitro groups is 1. The number of rotatable bonds is 6. The van der Waals surface area contributed by atoms with E-state index in [1.807, 2.05) is 6.92 Å². The second-order valence-electron chi connectivity index (χ2n) is 6.13. The topological polar surface area (TPSA) is 102 Å². The Morgan fingerprint density at radius 2 is 1.89 bits per heavy atom. The Hall–Kier alpha value is -3.42. The number of amides is 2. The van der Waals surface area contributed by atoms with Crippen molar-refractivity contribution >= 4 is 28.9 Å². The summed E-state index contributed by atoms with van der Waals surface area (Å²) in [6.45, 7) is 2.69. The molecule has 0 bridgehead atoms. The Balaban J connectivity index is 1.63. The Bertz CT molecular complexity index is 849. The summed E-state index contributed by atoms with van der Waals surface area (Å²) in [5.41, 5.74) is 1.13. The number of benzene rings is 2. The van der Waals surface area contributed by atoms with Gasteiger partial charge in [0.05, 0.1) is 17.4 Å². The molecule has 1 N–H and O–H groups in total. The van der Waals surface area contributed by atoms with E-state index in [4.69, 9.17) is 4.74 Å². The first-order chi connectivity index (χ1) is 13.0. The van der Waals surface area contributed by atoms with Crippen molar-refractivity contribution in [3.05, 3.63) is 58.6 Å². The molecule has 2 amide bonds. The molecule has 140 valence electrons. The molecule has 1 fully saturated rings. The van der Waals surface area contributed by atoms with Crippen LogP contribution < -0.4 is 15.0 Å². The van der Waals surface area contributed by atoms with Crippen LogP contribution in [0, 0.1) is 16.0 Å². The maximum atomic E-state index is 12.5. The molecular formula is C19H19N3O5. The van der Waals surface area contributed by atoms with Gasteiger partial charge in [0, 0.05) is 36.5 Å². The molecule has 0 aromatic heterocycles. The minimum atomic E-state index is -0.497. The van der Waals surface area contributed by atoms with Crippen molar-refractivity contribution in [3.8, 4) is 5.75 Å². The second kappa shape index (κ2) is 7.86. The highest BCUT2D eigenvalue weighted by Crippen LogP contribution is 2.27. The molecule has 2 aromatic rings. The predicted molar refractivity (Wildman–Crippen MR) is 99.8 cm³/mol. The largest absolute Gasteiger partial charge is 0.494 e. The summed E-state index contributed by atoms with van der Waals surface area (Å²) in [6, 6.07) is 12.7. The first-order valence-corrected chi connectivity index (χ1v) is 8.56. The highest BCUT2D eigenvalue weighted by Gasteiger charge is 2.35. The van der Waals surface area contributed by atoms with Gasteiger partial charge in [-0.3, -0.25) is 19.7 Å². The number of carbonyl (C=O) groups is 2. The van der Waals surface area contributed by atoms with Crippen molar-refractivity contribution in [1.82, 2.24) is 0 Å². The molecule has 1 heterocycles. The summed E-state index contributed by atoms with van der Waals surface area (Å²) in [7, 11) is 0. The first-order valence-electron chi connectivity index (χ1n) is 8.56. The van der Waals surface area contributed by atoms with Crippen LogP contribution in [0.3, 0.4) is 0 Å². The van der Waals surface area contributed by atoms with Crippen LogP contribution in [0.5, 0.6) is 5.75 Å². The Labute approximate surface area is 155 Å². The average molecular weight is 369 g/mol. The third-order valence-corrected chi connectivity index (χ3v) is 4.30. The van der Waals surface area contributed by atoms with Gasteiger partial charge in [0.2, 0.25) is 11.8 Å². The maximum Gasteiger partial charge on any atom is 0.269 e. The first kappa shape index (κ1) is 18.4. The SMILES string of the molecule is CCOc1ccc(NC(=O)[C@@H]2CC(=O)N(c3ccc([N+](=O)[O-])cc3)C2)cc1. The van der Waals surface area contributed by atoms with E-state index in [1.54, 1.807) is 24.3 Å². The van der Waals surface area contributed by atoms with E-state index in [0.717, 1.165) is 5.75 Å². The number of hydrogen-bond donors (Lipinski definition) is 1. The van der Waals surface area contributed by atoms with Gasteiger partial charge in [0.15, 0.2) is 0 Å². The van der Waals surface area contributed by atoms with Crippen molar-refractivity contribution in [3.63, 3.8) is 0 Å². The zero-order chi connectivity index (χ0) is 19.4. The number of non-ortho nitro benzene ring substituents is 1. The van der Waals surface area contributed by atoms with Crippen LogP contribution in [0.25, 0.3) is 0 Å². The van der Waals surface area contributed by atoms with Crippen LogP contribution in [-0.2, 0) is 9.59 Å². The number of nitrogens with one attached hydrogen (secondary N) is 1. The lowest BCUT2D eigenvalue weighted by Crippen LogP contribution is -2.28. The number of anilines is 2. The summed E-state index contributed by atoms with van der Waals surface area (Å²) < 4.78 is 5.36. The van der Waals surface area contributed by atoms with Gasteiger partial charge >= 0.3 is 0 Å². The zero-order valence-corrected chi connectivity index (χ0v) is 14.8. The monoisotopic (exact) mass is 369 g/mol. The summed E-state index contributed by atoms with van der Waals surface area (Å²) in [6.07, 6.45) is 0.0971. The van der Waals surface area contributed by atoms with Crippen molar-refractivity contribution < 1.29 is 19.2 Å². The van der Waals surface area contributed by atoms with Gasteiger partial charge < -0.3 is 15.0 Å². The quantitative estimate of drug-likeness (QED) is 0.623. The number of nitrogens with zero attached hydrogens (tertiary/aromatic N) is 2. The number of ether oxygens (including phenoxy) is 1. The van der Waals surface area contributed by atoms with Crippen LogP contribution >= 0.6 is 0 Å². The smallest absolute Gasteiger partial charge is 0.269 e. The van der Waals surface area contributed by atoms with E-state index in [9.17, 15) is 19.7 Å². The van der Waals surface area contributed by atoms with Crippen LogP contribution in [0.2, 0.25) is 0 Å². The molecule has 0 saturated carbocycles. The molecule has 3 rings (SSSR count). The molecule has 0 aliphatic carbocycles. The van der Waals surface area contributed by atoms with E-state index in [-0.39, 0.29) is 30.5 Å². The lowest BCUT2D eigenvalue weighted by molar-refractivity contribution is -0.384. The summed E-state index contributed by atoms with van der Waals surface area (Å²) >= 11 is 0. The summed E-state index contributed by atoms with van der Waals surface area (Å²) in [4.78, 5) is 36.5. The lowest BCUT2D eigenvalue weighted by atomic mass is 10.1. The lowest BCUT2D eigenvalue weighted by Gasteiger charge is -2.16. The summed E-state index contributed by atoms with van der Waals surface area (Å²) in [5, 5.41) is 13.5. The van der Waals surface area contributed by atoms with Crippen molar-refractivity contribution in [2.24, 2.45) is 5.92 Å². The summed E-state index contributed by atoms with van der Waals surface area (Å²) in [5.74, 6) is -0.192. The standard InChI is InChI=1S/C19H19N3O5/c1-2-27-17-9-3-14(4-10-17)20-19(24)13-11-18(23)21(12-13)15-5-7-16(8-6-15)22(25)26/h3-10,13H,2,11-12H2,1H3,(H,20,24)/t13-/m1/s1. The van der Waals surface area contributed by atoms with Gasteiger partial charge in [0.1, 0.15) is 5.75 Å². The average Bonchev–Trinajstić information content (AvgIpc) is 3.05. The number of carbonyl (C=O) groups excluding carboxylic acids is 2. The van der Waals surface area contributed by atoms with Crippen LogP contribution in [0.1, 0.15) is 13.3 Å². The Morgan fingerprint density at radius 3 is 2.48 bits per heavy atom. The normalized spacial score (nSPS) is 16.3. The predicted octanol–water partition coefficient (Wildman–Crippen LogP) is 2.99. The molecule has 8 nitrogen and oxygen atoms in total. The zero-order valence-electron chi connectivity index (χ0n) is 14.8. The molecule has 2 aromatic carbocycles. The molecule has 8 heteroatoms. The fourth-order valence-electron chi connectivity index (χ4n) is 2.93. The third kappa shape index (κ3) is 4.22. The minimum Gasteiger partial charge on any atom is -0.494 e. The van der Waals surface area contributed by atoms with E-state index in [1.165, 1.54) is 29.2 Å². The minimum absolute atomic E-state index is 0.0461. The van der Waals surface area contributed by atoms with Crippen LogP contribution in [-0.4, -0.2) is 29.9 Å². The second-order valence-corrected chi connectivity index (χ2v) is 6.13. The number of hydrogen-bond acceptors (Lipinski definition) is 5. The van der Waals surface area contributed by atoms with Crippen molar-refractivity contribution in [2.75, 3.05) is 23.4 Å². The van der Waals surface area contributed by atoms with Gasteiger partial charge in [-0.15, -0.1) is 0 Å². The molecule has 1 aliphatic rings. The van der Waals surface area contributed by atoms with E-state index >= 15 is 0 Å². The molecule has 0 radical (unpaired) electrons. The maximum absolute atomic E-state index is 12.5. The van der Waals surface area contributed by atoms with Gasteiger partial charge in [-0.2, -0.15) is 0 Å². The van der Waals surface area contributed by atoms with E-state index < -0.39 is 10.8 Å². The molecule has 0 spiro atoms. The fourth-order valence-corrected chi connectivity index (χ4v) is 2.93.